The zero-order chi connectivity index (χ0) is 29.4. The second kappa shape index (κ2) is 11.9. The van der Waals surface area contributed by atoms with Gasteiger partial charge in [-0.1, -0.05) is 19.1 Å². The van der Waals surface area contributed by atoms with Gasteiger partial charge in [0, 0.05) is 50.6 Å². The lowest BCUT2D eigenvalue weighted by atomic mass is 9.82. The molecule has 2 fully saturated rings. The Bertz CT molecular complexity index is 1250. The fourth-order valence-corrected chi connectivity index (χ4v) is 6.38. The molecular formula is C32H42F3N3O2. The first-order valence-electron chi connectivity index (χ1n) is 14.4. The number of nitrogens with zero attached hydrogens (tertiary/aromatic N) is 2. The summed E-state index contributed by atoms with van der Waals surface area (Å²) in [5.41, 5.74) is 2.54. The maximum absolute atomic E-state index is 14.9. The number of halogens is 3. The van der Waals surface area contributed by atoms with E-state index in [1.807, 2.05) is 17.9 Å². The van der Waals surface area contributed by atoms with Crippen molar-refractivity contribution in [3.63, 3.8) is 0 Å². The van der Waals surface area contributed by atoms with Gasteiger partial charge in [-0.05, 0) is 87.3 Å². The molecule has 0 aliphatic carbocycles. The van der Waals surface area contributed by atoms with Crippen molar-refractivity contribution in [2.75, 3.05) is 26.2 Å². The van der Waals surface area contributed by atoms with Gasteiger partial charge in [0.05, 0.1) is 12.0 Å². The largest absolute Gasteiger partial charge is 0.350 e. The van der Waals surface area contributed by atoms with Crippen LogP contribution in [0.1, 0.15) is 94.0 Å². The highest BCUT2D eigenvalue weighted by atomic mass is 19.1. The molecule has 0 saturated carbocycles. The van der Waals surface area contributed by atoms with Crippen molar-refractivity contribution in [1.82, 2.24) is 15.1 Å². The first-order chi connectivity index (χ1) is 18.8. The number of nitrogens with one attached hydrogen (secondary N) is 1. The molecule has 2 amide bonds. The van der Waals surface area contributed by atoms with Crippen LogP contribution in [0.5, 0.6) is 0 Å². The maximum Gasteiger partial charge on any atom is 0.227 e. The summed E-state index contributed by atoms with van der Waals surface area (Å²) >= 11 is 0. The fourth-order valence-electron chi connectivity index (χ4n) is 6.38. The topological polar surface area (TPSA) is 52.7 Å². The van der Waals surface area contributed by atoms with E-state index in [1.54, 1.807) is 13.0 Å². The average Bonchev–Trinajstić information content (AvgIpc) is 3.34. The minimum Gasteiger partial charge on any atom is -0.350 e. The third-order valence-corrected chi connectivity index (χ3v) is 8.72. The van der Waals surface area contributed by atoms with Gasteiger partial charge in [-0.3, -0.25) is 14.5 Å². The summed E-state index contributed by atoms with van der Waals surface area (Å²) in [6.45, 7) is 13.5. The monoisotopic (exact) mass is 557 g/mol. The van der Waals surface area contributed by atoms with Gasteiger partial charge in [-0.25, -0.2) is 13.2 Å². The van der Waals surface area contributed by atoms with Crippen LogP contribution in [0.4, 0.5) is 13.2 Å². The van der Waals surface area contributed by atoms with Gasteiger partial charge in [-0.2, -0.15) is 0 Å². The second-order valence-corrected chi connectivity index (χ2v) is 12.4. The first kappa shape index (κ1) is 30.1. The van der Waals surface area contributed by atoms with E-state index >= 15 is 0 Å². The third-order valence-electron chi connectivity index (χ3n) is 8.72. The first-order valence-corrected chi connectivity index (χ1v) is 14.4. The van der Waals surface area contributed by atoms with Crippen molar-refractivity contribution in [3.8, 4) is 0 Å². The molecule has 2 saturated heterocycles. The molecule has 2 aliphatic heterocycles. The van der Waals surface area contributed by atoms with Gasteiger partial charge < -0.3 is 10.2 Å². The standard InChI is InChI=1S/C32H42F3N3O2/c1-7-30(36-20(3)39)25-14-19(2)28(34)16-24(25)21-10-12-37(13-11-21)31(40)27-18-38(32(4,5)6)17-26(27)23-9-8-22(33)15-29(23)35/h8-9,14-16,21,26-27,30H,7,10-13,17-18H2,1-6H3,(H,36,39)/t26-,27?,30+/m0/s1. The Morgan fingerprint density at radius 3 is 2.25 bits per heavy atom. The van der Waals surface area contributed by atoms with E-state index in [2.05, 4.69) is 31.0 Å². The van der Waals surface area contributed by atoms with E-state index in [1.165, 1.54) is 19.1 Å². The number of carbonyl (C=O) groups excluding carboxylic acids is 2. The highest BCUT2D eigenvalue weighted by Gasteiger charge is 2.45. The number of hydrogen-bond acceptors (Lipinski definition) is 3. The molecule has 2 aliphatic rings. The van der Waals surface area contributed by atoms with Crippen LogP contribution in [-0.4, -0.2) is 53.3 Å². The van der Waals surface area contributed by atoms with E-state index in [0.717, 1.165) is 17.2 Å². The number of piperidine rings is 1. The molecule has 0 bridgehead atoms. The number of hydrogen-bond donors (Lipinski definition) is 1. The van der Waals surface area contributed by atoms with E-state index in [0.29, 0.717) is 56.6 Å². The van der Waals surface area contributed by atoms with E-state index < -0.39 is 17.6 Å². The zero-order valence-electron chi connectivity index (χ0n) is 24.5. The van der Waals surface area contributed by atoms with Crippen LogP contribution >= 0.6 is 0 Å². The summed E-state index contributed by atoms with van der Waals surface area (Å²) in [4.78, 5) is 29.8. The van der Waals surface area contributed by atoms with Gasteiger partial charge in [0.25, 0.3) is 0 Å². The Labute approximate surface area is 236 Å². The molecule has 0 spiro atoms. The van der Waals surface area contributed by atoms with E-state index in [9.17, 15) is 22.8 Å². The van der Waals surface area contributed by atoms with Crippen LogP contribution in [0.15, 0.2) is 30.3 Å². The van der Waals surface area contributed by atoms with Crippen molar-refractivity contribution in [2.24, 2.45) is 5.92 Å². The number of likely N-dealkylation sites (tertiary alicyclic amines) is 2. The minimum absolute atomic E-state index is 0.0149. The molecule has 1 N–H and O–H groups in total. The average molecular weight is 558 g/mol. The Morgan fingerprint density at radius 2 is 1.68 bits per heavy atom. The van der Waals surface area contributed by atoms with Crippen LogP contribution in [0.2, 0.25) is 0 Å². The lowest BCUT2D eigenvalue weighted by molar-refractivity contribution is -0.136. The van der Waals surface area contributed by atoms with Crippen molar-refractivity contribution in [2.45, 2.75) is 84.2 Å². The summed E-state index contributed by atoms with van der Waals surface area (Å²) in [5.74, 6) is -2.42. The molecule has 5 nitrogen and oxygen atoms in total. The molecular weight excluding hydrogens is 515 g/mol. The Kier molecular flexibility index (Phi) is 8.98. The molecule has 1 unspecified atom stereocenters. The van der Waals surface area contributed by atoms with Crippen LogP contribution in [0, 0.1) is 30.3 Å². The fraction of sp³-hybridized carbons (Fsp3) is 0.562. The summed E-state index contributed by atoms with van der Waals surface area (Å²) in [7, 11) is 0. The normalized spacial score (nSPS) is 21.5. The van der Waals surface area contributed by atoms with Crippen LogP contribution < -0.4 is 5.32 Å². The van der Waals surface area contributed by atoms with Crippen LogP contribution in [0.25, 0.3) is 0 Å². The van der Waals surface area contributed by atoms with Gasteiger partial charge in [0.2, 0.25) is 11.8 Å². The van der Waals surface area contributed by atoms with E-state index in [-0.39, 0.29) is 41.0 Å². The summed E-state index contributed by atoms with van der Waals surface area (Å²) in [5, 5.41) is 3.00. The third kappa shape index (κ3) is 6.37. The Balaban J connectivity index is 1.55. The molecule has 8 heteroatoms. The SMILES string of the molecule is CC[C@@H](NC(C)=O)c1cc(C)c(F)cc1C1CCN(C(=O)C2CN(C(C)(C)C)C[C@H]2c2ccc(F)cc2F)CC1. The highest BCUT2D eigenvalue weighted by Crippen LogP contribution is 2.40. The summed E-state index contributed by atoms with van der Waals surface area (Å²) < 4.78 is 43.3. The Hall–Kier alpha value is -2.87. The Morgan fingerprint density at radius 1 is 1.00 bits per heavy atom. The quantitative estimate of drug-likeness (QED) is 0.459. The predicted octanol–water partition coefficient (Wildman–Crippen LogP) is 6.22. The number of aryl methyl sites for hydroxylation is 1. The van der Waals surface area contributed by atoms with Gasteiger partial charge in [0.15, 0.2) is 0 Å². The van der Waals surface area contributed by atoms with Gasteiger partial charge in [0.1, 0.15) is 17.5 Å². The van der Waals surface area contributed by atoms with Gasteiger partial charge >= 0.3 is 0 Å². The van der Waals surface area contributed by atoms with Crippen molar-refractivity contribution in [1.29, 1.82) is 0 Å². The molecule has 2 aromatic carbocycles. The number of benzene rings is 2. The summed E-state index contributed by atoms with van der Waals surface area (Å²) in [6.07, 6.45) is 2.02. The summed E-state index contributed by atoms with van der Waals surface area (Å²) in [6, 6.07) is 6.86. The molecule has 3 atom stereocenters. The molecule has 218 valence electrons. The molecule has 0 aromatic heterocycles. The van der Waals surface area contributed by atoms with Crippen molar-refractivity contribution in [3.05, 3.63) is 70.0 Å². The molecule has 2 aromatic rings. The zero-order valence-corrected chi connectivity index (χ0v) is 24.5. The number of amides is 2. The van der Waals surface area contributed by atoms with Gasteiger partial charge in [-0.15, -0.1) is 0 Å². The lowest BCUT2D eigenvalue weighted by Gasteiger charge is -2.36. The highest BCUT2D eigenvalue weighted by molar-refractivity contribution is 5.81. The second-order valence-electron chi connectivity index (χ2n) is 12.4. The smallest absolute Gasteiger partial charge is 0.227 e. The lowest BCUT2D eigenvalue weighted by Crippen LogP contribution is -2.44. The minimum atomic E-state index is -0.632. The number of rotatable bonds is 6. The predicted molar refractivity (Wildman–Crippen MR) is 150 cm³/mol. The number of carbonyl (C=O) groups is 2. The molecule has 0 radical (unpaired) electrons. The molecule has 2 heterocycles. The maximum atomic E-state index is 14.9. The molecule has 4 rings (SSSR count). The van der Waals surface area contributed by atoms with Crippen molar-refractivity contribution < 1.29 is 22.8 Å². The van der Waals surface area contributed by atoms with Crippen LogP contribution in [0.3, 0.4) is 0 Å². The van der Waals surface area contributed by atoms with Crippen LogP contribution in [-0.2, 0) is 9.59 Å². The molecule has 40 heavy (non-hydrogen) atoms. The van der Waals surface area contributed by atoms with E-state index in [4.69, 9.17) is 0 Å². The van der Waals surface area contributed by atoms with Crippen molar-refractivity contribution >= 4 is 11.8 Å².